The third-order valence-electron chi connectivity index (χ3n) is 8.14. The van der Waals surface area contributed by atoms with Crippen LogP contribution in [0.2, 0.25) is 0 Å². The van der Waals surface area contributed by atoms with Gasteiger partial charge in [-0.25, -0.2) is 0 Å². The molecule has 0 radical (unpaired) electrons. The van der Waals surface area contributed by atoms with E-state index in [1.54, 1.807) is 0 Å². The largest absolute Gasteiger partial charge is 0.340 e. The van der Waals surface area contributed by atoms with Gasteiger partial charge in [0.1, 0.15) is 0 Å². The van der Waals surface area contributed by atoms with Crippen LogP contribution < -0.4 is 10.2 Å². The Bertz CT molecular complexity index is 839. The molecule has 0 aromatic heterocycles. The Morgan fingerprint density at radius 3 is 2.84 bits per heavy atom. The van der Waals surface area contributed by atoms with E-state index in [-0.39, 0.29) is 0 Å². The fourth-order valence-electron chi connectivity index (χ4n) is 7.00. The van der Waals surface area contributed by atoms with Crippen molar-refractivity contribution in [3.8, 4) is 0 Å². The molecular formula is C28H40N2S. The first kappa shape index (κ1) is 21.6. The smallest absolute Gasteiger partial charge is 0.0552 e. The van der Waals surface area contributed by atoms with Crippen molar-refractivity contribution in [1.82, 2.24) is 5.32 Å². The van der Waals surface area contributed by atoms with Crippen LogP contribution in [0.15, 0.2) is 51.9 Å². The van der Waals surface area contributed by atoms with Crippen LogP contribution in [0.25, 0.3) is 0 Å². The van der Waals surface area contributed by atoms with Gasteiger partial charge in [-0.1, -0.05) is 56.3 Å². The molecule has 2 fully saturated rings. The summed E-state index contributed by atoms with van der Waals surface area (Å²) in [5, 5.41) is 4.13. The summed E-state index contributed by atoms with van der Waals surface area (Å²) < 4.78 is 0. The van der Waals surface area contributed by atoms with Gasteiger partial charge in [0, 0.05) is 21.9 Å². The van der Waals surface area contributed by atoms with Crippen molar-refractivity contribution in [3.63, 3.8) is 0 Å². The highest BCUT2D eigenvalue weighted by molar-refractivity contribution is 8.03. The molecule has 1 N–H and O–H groups in total. The molecule has 0 amide bonds. The van der Waals surface area contributed by atoms with Gasteiger partial charge in [-0.2, -0.15) is 0 Å². The van der Waals surface area contributed by atoms with Crippen LogP contribution in [0.5, 0.6) is 0 Å². The lowest BCUT2D eigenvalue weighted by Crippen LogP contribution is -2.54. The van der Waals surface area contributed by atoms with E-state index in [4.69, 9.17) is 0 Å². The maximum absolute atomic E-state index is 4.13. The Morgan fingerprint density at radius 1 is 1.06 bits per heavy atom. The maximum atomic E-state index is 4.13. The molecular weight excluding hydrogens is 396 g/mol. The normalized spacial score (nSPS) is 32.1. The third kappa shape index (κ3) is 4.64. The summed E-state index contributed by atoms with van der Waals surface area (Å²) in [6.07, 6.45) is 18.4. The fraction of sp³-hybridized carbons (Fsp3) is 0.643. The quantitative estimate of drug-likeness (QED) is 0.445. The predicted octanol–water partition coefficient (Wildman–Crippen LogP) is 7.53. The first-order valence-corrected chi connectivity index (χ1v) is 13.7. The molecule has 3 aliphatic carbocycles. The van der Waals surface area contributed by atoms with Crippen molar-refractivity contribution in [2.24, 2.45) is 17.8 Å². The molecule has 1 aromatic rings. The second-order valence-corrected chi connectivity index (χ2v) is 11.8. The molecule has 1 aliphatic heterocycles. The summed E-state index contributed by atoms with van der Waals surface area (Å²) in [7, 11) is 0. The topological polar surface area (TPSA) is 15.3 Å². The summed E-state index contributed by atoms with van der Waals surface area (Å²) in [6.45, 7) is 7.21. The second-order valence-electron chi connectivity index (χ2n) is 10.7. The predicted molar refractivity (Wildman–Crippen MR) is 135 cm³/mol. The van der Waals surface area contributed by atoms with Crippen molar-refractivity contribution in [1.29, 1.82) is 0 Å². The summed E-state index contributed by atoms with van der Waals surface area (Å²) in [5.74, 6) is 2.82. The minimum atomic E-state index is 0.442. The number of benzene rings is 1. The second kappa shape index (κ2) is 9.35. The Kier molecular flexibility index (Phi) is 6.53. The van der Waals surface area contributed by atoms with Gasteiger partial charge in [0.05, 0.1) is 11.4 Å². The Labute approximate surface area is 193 Å². The van der Waals surface area contributed by atoms with E-state index >= 15 is 0 Å². The zero-order chi connectivity index (χ0) is 21.3. The molecule has 1 heterocycles. The van der Waals surface area contributed by atoms with Crippen LogP contribution in [-0.4, -0.2) is 18.6 Å². The molecule has 168 valence electrons. The highest BCUT2D eigenvalue weighted by Crippen LogP contribution is 2.49. The van der Waals surface area contributed by atoms with Crippen LogP contribution in [0.3, 0.4) is 0 Å². The molecule has 4 aliphatic rings. The molecule has 1 aromatic carbocycles. The maximum Gasteiger partial charge on any atom is 0.0552 e. The van der Waals surface area contributed by atoms with E-state index < -0.39 is 0 Å². The summed E-state index contributed by atoms with van der Waals surface area (Å²) >= 11 is 1.96. The number of unbranched alkanes of at least 4 members (excludes halogenated alkanes) is 1. The molecule has 3 heteroatoms. The molecule has 4 unspecified atom stereocenters. The molecule has 2 nitrogen and oxygen atoms in total. The number of thioether (sulfide) groups is 1. The van der Waals surface area contributed by atoms with Gasteiger partial charge in [-0.3, -0.25) is 0 Å². The van der Waals surface area contributed by atoms with E-state index in [0.29, 0.717) is 5.54 Å². The van der Waals surface area contributed by atoms with Crippen LogP contribution in [0.1, 0.15) is 78.1 Å². The zero-order valence-electron chi connectivity index (χ0n) is 19.5. The van der Waals surface area contributed by atoms with Crippen LogP contribution in [0, 0.1) is 17.8 Å². The number of fused-ring (bicyclic) bond motifs is 4. The lowest BCUT2D eigenvalue weighted by molar-refractivity contribution is 0.0488. The SMILES string of the molecule is CCC1CC2CC(C)CC(NCCCCN3C4=CCCC=C4Sc4ccccc43)(C1)C2. The van der Waals surface area contributed by atoms with Crippen molar-refractivity contribution in [2.75, 3.05) is 18.0 Å². The number of nitrogens with zero attached hydrogens (tertiary/aromatic N) is 1. The standard InChI is InChI=1S/C28H40N2S/c1-3-22-17-23-16-21(2)18-28(19-22,20-23)29-14-8-9-15-30-24-10-4-6-12-26(24)31-27-13-7-5-11-25(27)30/h4,6,10-13,21-23,29H,3,5,7-9,14-20H2,1-2H3. The highest BCUT2D eigenvalue weighted by atomic mass is 32.2. The number of rotatable bonds is 7. The van der Waals surface area contributed by atoms with Gasteiger partial charge in [-0.15, -0.1) is 0 Å². The first-order chi connectivity index (χ1) is 15.2. The first-order valence-electron chi connectivity index (χ1n) is 12.9. The van der Waals surface area contributed by atoms with Crippen LogP contribution in [0.4, 0.5) is 5.69 Å². The molecule has 31 heavy (non-hydrogen) atoms. The van der Waals surface area contributed by atoms with Crippen molar-refractivity contribution >= 4 is 17.4 Å². The number of hydrogen-bond donors (Lipinski definition) is 1. The van der Waals surface area contributed by atoms with Gasteiger partial charge in [0.2, 0.25) is 0 Å². The van der Waals surface area contributed by atoms with E-state index in [0.717, 1.165) is 24.3 Å². The number of allylic oxidation sites excluding steroid dienone is 2. The molecule has 2 saturated carbocycles. The molecule has 4 atom stereocenters. The number of anilines is 1. The Hall–Kier alpha value is -1.19. The third-order valence-corrected chi connectivity index (χ3v) is 9.30. The minimum absolute atomic E-state index is 0.442. The summed E-state index contributed by atoms with van der Waals surface area (Å²) in [6, 6.07) is 8.96. The Morgan fingerprint density at radius 2 is 1.94 bits per heavy atom. The van der Waals surface area contributed by atoms with E-state index in [1.165, 1.54) is 91.9 Å². The number of nitrogens with one attached hydrogen (secondary N) is 1. The van der Waals surface area contributed by atoms with E-state index in [9.17, 15) is 0 Å². The average Bonchev–Trinajstić information content (AvgIpc) is 2.77. The van der Waals surface area contributed by atoms with E-state index in [1.807, 2.05) is 11.8 Å². The van der Waals surface area contributed by atoms with Crippen LogP contribution in [-0.2, 0) is 0 Å². The minimum Gasteiger partial charge on any atom is -0.340 e. The lowest BCUT2D eigenvalue weighted by atomic mass is 9.60. The van der Waals surface area contributed by atoms with Crippen molar-refractivity contribution in [2.45, 2.75) is 88.5 Å². The fourth-order valence-corrected chi connectivity index (χ4v) is 8.17. The van der Waals surface area contributed by atoms with Gasteiger partial charge >= 0.3 is 0 Å². The van der Waals surface area contributed by atoms with E-state index in [2.05, 4.69) is 60.5 Å². The monoisotopic (exact) mass is 436 g/mol. The Balaban J connectivity index is 1.19. The van der Waals surface area contributed by atoms with Crippen molar-refractivity contribution < 1.29 is 0 Å². The van der Waals surface area contributed by atoms with Crippen LogP contribution >= 0.6 is 11.8 Å². The molecule has 5 rings (SSSR count). The molecule has 0 spiro atoms. The van der Waals surface area contributed by atoms with Gasteiger partial charge in [-0.05, 0) is 94.2 Å². The van der Waals surface area contributed by atoms with Crippen molar-refractivity contribution in [3.05, 3.63) is 47.0 Å². The van der Waals surface area contributed by atoms with Gasteiger partial charge < -0.3 is 10.2 Å². The summed E-state index contributed by atoms with van der Waals surface area (Å²) in [4.78, 5) is 5.48. The van der Waals surface area contributed by atoms with Gasteiger partial charge in [0.15, 0.2) is 0 Å². The average molecular weight is 437 g/mol. The molecule has 2 bridgehead atoms. The molecule has 0 saturated heterocycles. The van der Waals surface area contributed by atoms with Gasteiger partial charge in [0.25, 0.3) is 0 Å². The zero-order valence-corrected chi connectivity index (χ0v) is 20.4. The lowest BCUT2D eigenvalue weighted by Gasteiger charge is -2.51. The highest BCUT2D eigenvalue weighted by Gasteiger charge is 2.44. The summed E-state index contributed by atoms with van der Waals surface area (Å²) in [5.41, 5.74) is 3.31. The number of para-hydroxylation sites is 1. The number of hydrogen-bond acceptors (Lipinski definition) is 3.